The monoisotopic (exact) mass is 253 g/mol. The quantitative estimate of drug-likeness (QED) is 0.848. The van der Waals surface area contributed by atoms with Gasteiger partial charge in [0.05, 0.1) is 5.57 Å². The van der Waals surface area contributed by atoms with Crippen molar-refractivity contribution in [3.05, 3.63) is 66.0 Å². The zero-order valence-corrected chi connectivity index (χ0v) is 10.7. The van der Waals surface area contributed by atoms with Gasteiger partial charge in [-0.2, -0.15) is 0 Å². The molecule has 0 fully saturated rings. The molecule has 0 spiro atoms. The summed E-state index contributed by atoms with van der Waals surface area (Å²) in [5.41, 5.74) is 2.71. The summed E-state index contributed by atoms with van der Waals surface area (Å²) in [7, 11) is 0. The molecule has 1 aromatic heterocycles. The second-order valence-corrected chi connectivity index (χ2v) is 4.12. The first kappa shape index (κ1) is 13.0. The summed E-state index contributed by atoms with van der Waals surface area (Å²) < 4.78 is 0. The van der Waals surface area contributed by atoms with E-state index in [1.165, 1.54) is 0 Å². The molecule has 1 N–H and O–H groups in total. The smallest absolute Gasteiger partial charge is 0.336 e. The van der Waals surface area contributed by atoms with Crippen LogP contribution >= 0.6 is 0 Å². The molecule has 0 aliphatic carbocycles. The molecule has 0 saturated carbocycles. The minimum absolute atomic E-state index is 0.344. The number of pyridine rings is 1. The minimum atomic E-state index is -0.910. The highest BCUT2D eigenvalue weighted by atomic mass is 16.4. The summed E-state index contributed by atoms with van der Waals surface area (Å²) in [6, 6.07) is 12.9. The van der Waals surface area contributed by atoms with Crippen LogP contribution in [0.25, 0.3) is 11.1 Å². The molecular formula is C16H15NO2. The highest BCUT2D eigenvalue weighted by molar-refractivity contribution is 6.23. The predicted molar refractivity (Wildman–Crippen MR) is 75.4 cm³/mol. The van der Waals surface area contributed by atoms with E-state index in [2.05, 4.69) is 4.98 Å². The minimum Gasteiger partial charge on any atom is -0.478 e. The van der Waals surface area contributed by atoms with Crippen LogP contribution in [0.4, 0.5) is 0 Å². The van der Waals surface area contributed by atoms with Crippen molar-refractivity contribution in [2.24, 2.45) is 0 Å². The van der Waals surface area contributed by atoms with Crippen molar-refractivity contribution in [1.29, 1.82) is 0 Å². The summed E-state index contributed by atoms with van der Waals surface area (Å²) in [4.78, 5) is 15.7. The van der Waals surface area contributed by atoms with Crippen molar-refractivity contribution in [1.82, 2.24) is 4.98 Å². The van der Waals surface area contributed by atoms with Gasteiger partial charge in [0, 0.05) is 12.4 Å². The lowest BCUT2D eigenvalue weighted by molar-refractivity contribution is -0.130. The van der Waals surface area contributed by atoms with Gasteiger partial charge in [-0.15, -0.1) is 0 Å². The van der Waals surface area contributed by atoms with Crippen molar-refractivity contribution in [2.75, 3.05) is 0 Å². The molecule has 3 heteroatoms. The highest BCUT2D eigenvalue weighted by Gasteiger charge is 2.16. The van der Waals surface area contributed by atoms with Gasteiger partial charge in [-0.05, 0) is 29.2 Å². The van der Waals surface area contributed by atoms with Crippen molar-refractivity contribution in [3.63, 3.8) is 0 Å². The second kappa shape index (κ2) is 5.96. The Morgan fingerprint density at radius 2 is 1.79 bits per heavy atom. The molecule has 1 heterocycles. The van der Waals surface area contributed by atoms with E-state index in [0.29, 0.717) is 12.0 Å². The first-order chi connectivity index (χ1) is 9.24. The fourth-order valence-electron chi connectivity index (χ4n) is 2.10. The van der Waals surface area contributed by atoms with Crippen LogP contribution in [0, 0.1) is 0 Å². The zero-order valence-electron chi connectivity index (χ0n) is 10.7. The van der Waals surface area contributed by atoms with Gasteiger partial charge in [0.25, 0.3) is 0 Å². The molecule has 0 aliphatic rings. The Hall–Kier alpha value is -2.42. The number of carboxylic acid groups (broad SMARTS) is 1. The first-order valence-corrected chi connectivity index (χ1v) is 6.16. The van der Waals surface area contributed by atoms with E-state index in [9.17, 15) is 9.90 Å². The Balaban J connectivity index is 2.64. The molecule has 96 valence electrons. The average molecular weight is 253 g/mol. The average Bonchev–Trinajstić information content (AvgIpc) is 2.46. The van der Waals surface area contributed by atoms with Gasteiger partial charge in [-0.3, -0.25) is 4.98 Å². The number of carbonyl (C=O) groups is 1. The standard InChI is InChI=1S/C16H15NO2/c1-2-14(13-9-6-10-17-11-13)15(16(18)19)12-7-4-3-5-8-12/h3-11H,2H2,1H3,(H,18,19). The molecule has 0 bridgehead atoms. The summed E-state index contributed by atoms with van der Waals surface area (Å²) >= 11 is 0. The van der Waals surface area contributed by atoms with Gasteiger partial charge >= 0.3 is 5.97 Å². The molecule has 19 heavy (non-hydrogen) atoms. The number of aliphatic carboxylic acids is 1. The summed E-state index contributed by atoms with van der Waals surface area (Å²) in [5.74, 6) is -0.910. The normalized spacial score (nSPS) is 11.8. The topological polar surface area (TPSA) is 50.2 Å². The third kappa shape index (κ3) is 2.88. The first-order valence-electron chi connectivity index (χ1n) is 6.16. The number of benzene rings is 1. The number of hydrogen-bond acceptors (Lipinski definition) is 2. The molecule has 2 aromatic rings. The Labute approximate surface area is 112 Å². The molecule has 1 aromatic carbocycles. The van der Waals surface area contributed by atoms with E-state index < -0.39 is 5.97 Å². The fraction of sp³-hybridized carbons (Fsp3) is 0.125. The van der Waals surface area contributed by atoms with Crippen molar-refractivity contribution >= 4 is 17.1 Å². The fourth-order valence-corrected chi connectivity index (χ4v) is 2.10. The number of hydrogen-bond donors (Lipinski definition) is 1. The van der Waals surface area contributed by atoms with Gasteiger partial charge < -0.3 is 5.11 Å². The van der Waals surface area contributed by atoms with Crippen LogP contribution in [0.2, 0.25) is 0 Å². The molecule has 3 nitrogen and oxygen atoms in total. The van der Waals surface area contributed by atoms with Gasteiger partial charge in [0.1, 0.15) is 0 Å². The van der Waals surface area contributed by atoms with E-state index in [4.69, 9.17) is 0 Å². The van der Waals surface area contributed by atoms with Gasteiger partial charge in [-0.25, -0.2) is 4.79 Å². The van der Waals surface area contributed by atoms with E-state index in [1.807, 2.05) is 49.4 Å². The van der Waals surface area contributed by atoms with Gasteiger partial charge in [-0.1, -0.05) is 43.3 Å². The molecule has 0 saturated heterocycles. The molecule has 0 aliphatic heterocycles. The molecule has 0 atom stereocenters. The van der Waals surface area contributed by atoms with Gasteiger partial charge in [0.2, 0.25) is 0 Å². The largest absolute Gasteiger partial charge is 0.478 e. The third-order valence-electron chi connectivity index (χ3n) is 2.94. The number of nitrogens with zero attached hydrogens (tertiary/aromatic N) is 1. The number of rotatable bonds is 4. The maximum Gasteiger partial charge on any atom is 0.336 e. The number of allylic oxidation sites excluding steroid dienone is 1. The second-order valence-electron chi connectivity index (χ2n) is 4.12. The van der Waals surface area contributed by atoms with Crippen LogP contribution in [-0.2, 0) is 4.79 Å². The van der Waals surface area contributed by atoms with E-state index in [0.717, 1.165) is 16.7 Å². The van der Waals surface area contributed by atoms with E-state index in [1.54, 1.807) is 12.4 Å². The van der Waals surface area contributed by atoms with Crippen LogP contribution in [0.5, 0.6) is 0 Å². The van der Waals surface area contributed by atoms with E-state index in [-0.39, 0.29) is 0 Å². The molecule has 0 unspecified atom stereocenters. The van der Waals surface area contributed by atoms with Crippen molar-refractivity contribution in [3.8, 4) is 0 Å². The lowest BCUT2D eigenvalue weighted by Crippen LogP contribution is -2.03. The molecule has 0 amide bonds. The lowest BCUT2D eigenvalue weighted by Gasteiger charge is -2.11. The van der Waals surface area contributed by atoms with Crippen LogP contribution in [0.1, 0.15) is 24.5 Å². The number of carboxylic acids is 1. The third-order valence-corrected chi connectivity index (χ3v) is 2.94. The van der Waals surface area contributed by atoms with Crippen molar-refractivity contribution in [2.45, 2.75) is 13.3 Å². The molecule has 2 rings (SSSR count). The molecule has 0 radical (unpaired) electrons. The zero-order chi connectivity index (χ0) is 13.7. The Morgan fingerprint density at radius 3 is 2.32 bits per heavy atom. The van der Waals surface area contributed by atoms with Crippen molar-refractivity contribution < 1.29 is 9.90 Å². The van der Waals surface area contributed by atoms with Crippen LogP contribution in [-0.4, -0.2) is 16.1 Å². The molecular weight excluding hydrogens is 238 g/mol. The predicted octanol–water partition coefficient (Wildman–Crippen LogP) is 3.49. The van der Waals surface area contributed by atoms with Crippen LogP contribution in [0.15, 0.2) is 54.9 Å². The van der Waals surface area contributed by atoms with Gasteiger partial charge in [0.15, 0.2) is 0 Å². The lowest BCUT2D eigenvalue weighted by atomic mass is 9.94. The maximum atomic E-state index is 11.6. The SMILES string of the molecule is CCC(=C(C(=O)O)c1ccccc1)c1cccnc1. The van der Waals surface area contributed by atoms with Crippen LogP contribution < -0.4 is 0 Å². The highest BCUT2D eigenvalue weighted by Crippen LogP contribution is 2.28. The summed E-state index contributed by atoms with van der Waals surface area (Å²) in [6.45, 7) is 1.95. The number of aromatic nitrogens is 1. The summed E-state index contributed by atoms with van der Waals surface area (Å²) in [6.07, 6.45) is 4.02. The van der Waals surface area contributed by atoms with E-state index >= 15 is 0 Å². The summed E-state index contributed by atoms with van der Waals surface area (Å²) in [5, 5.41) is 9.51. The Morgan fingerprint density at radius 1 is 1.11 bits per heavy atom. The maximum absolute atomic E-state index is 11.6. The Bertz CT molecular complexity index is 589. The van der Waals surface area contributed by atoms with Crippen LogP contribution in [0.3, 0.4) is 0 Å². The Kier molecular flexibility index (Phi) is 4.08.